The van der Waals surface area contributed by atoms with E-state index in [2.05, 4.69) is 0 Å². The third-order valence-corrected chi connectivity index (χ3v) is 2.82. The highest BCUT2D eigenvalue weighted by Crippen LogP contribution is 2.13. The van der Waals surface area contributed by atoms with Crippen LogP contribution in [0.1, 0.15) is 11.1 Å². The fraction of sp³-hybridized carbons (Fsp3) is 0.154. The van der Waals surface area contributed by atoms with E-state index in [0.29, 0.717) is 5.56 Å². The van der Waals surface area contributed by atoms with Crippen LogP contribution in [0.2, 0.25) is 0 Å². The zero-order chi connectivity index (χ0) is 12.3. The Morgan fingerprint density at radius 3 is 2.71 bits per heavy atom. The first kappa shape index (κ1) is 11.9. The monoisotopic (exact) mass is 251 g/mol. The fourth-order valence-electron chi connectivity index (χ4n) is 1.58. The maximum Gasteiger partial charge on any atom is 0.250 e. The van der Waals surface area contributed by atoms with Crippen LogP contribution in [0.4, 0.5) is 4.39 Å². The Bertz CT molecular complexity index is 580. The van der Waals surface area contributed by atoms with Crippen molar-refractivity contribution in [2.45, 2.75) is 12.4 Å². The molecule has 2 rings (SSSR count). The van der Waals surface area contributed by atoms with Crippen LogP contribution < -0.4 is 5.56 Å². The lowest BCUT2D eigenvalue weighted by Crippen LogP contribution is -2.18. The number of hydrogen-bond acceptors (Lipinski definition) is 1. The SMILES string of the molecule is O=c1ccccn1Cc1ccc(CCl)cc1F. The van der Waals surface area contributed by atoms with Crippen molar-refractivity contribution < 1.29 is 4.39 Å². The van der Waals surface area contributed by atoms with E-state index in [0.717, 1.165) is 5.56 Å². The predicted molar refractivity (Wildman–Crippen MR) is 65.8 cm³/mol. The number of halogens is 2. The van der Waals surface area contributed by atoms with E-state index >= 15 is 0 Å². The Morgan fingerprint density at radius 2 is 2.06 bits per heavy atom. The standard InChI is InChI=1S/C13H11ClFNO/c14-8-10-4-5-11(12(15)7-10)9-16-6-2-1-3-13(16)17/h1-7H,8-9H2. The lowest BCUT2D eigenvalue weighted by atomic mass is 10.1. The molecule has 0 N–H and O–H groups in total. The van der Waals surface area contributed by atoms with Gasteiger partial charge in [-0.05, 0) is 17.7 Å². The second-order valence-electron chi connectivity index (χ2n) is 3.73. The maximum absolute atomic E-state index is 13.7. The highest BCUT2D eigenvalue weighted by atomic mass is 35.5. The van der Waals surface area contributed by atoms with Gasteiger partial charge in [0.25, 0.3) is 5.56 Å². The molecule has 0 unspecified atom stereocenters. The normalized spacial score (nSPS) is 10.5. The van der Waals surface area contributed by atoms with Gasteiger partial charge in [-0.1, -0.05) is 18.2 Å². The number of benzene rings is 1. The topological polar surface area (TPSA) is 22.0 Å². The van der Waals surface area contributed by atoms with Gasteiger partial charge in [0, 0.05) is 23.7 Å². The lowest BCUT2D eigenvalue weighted by Gasteiger charge is -2.07. The van der Waals surface area contributed by atoms with Crippen molar-refractivity contribution in [3.63, 3.8) is 0 Å². The minimum Gasteiger partial charge on any atom is -0.311 e. The largest absolute Gasteiger partial charge is 0.311 e. The molecule has 0 saturated heterocycles. The summed E-state index contributed by atoms with van der Waals surface area (Å²) in [4.78, 5) is 11.5. The van der Waals surface area contributed by atoms with E-state index in [9.17, 15) is 9.18 Å². The van der Waals surface area contributed by atoms with Crippen LogP contribution in [0.25, 0.3) is 0 Å². The molecule has 1 aromatic carbocycles. The molecule has 1 heterocycles. The number of nitrogens with zero attached hydrogens (tertiary/aromatic N) is 1. The molecule has 0 atom stereocenters. The minimum absolute atomic E-state index is 0.145. The summed E-state index contributed by atoms with van der Waals surface area (Å²) in [6, 6.07) is 9.67. The molecule has 0 spiro atoms. The van der Waals surface area contributed by atoms with Crippen molar-refractivity contribution in [1.82, 2.24) is 4.57 Å². The molecular formula is C13H11ClFNO. The first-order valence-corrected chi connectivity index (χ1v) is 5.73. The van der Waals surface area contributed by atoms with Crippen molar-refractivity contribution in [2.75, 3.05) is 0 Å². The average Bonchev–Trinajstić information content (AvgIpc) is 2.34. The van der Waals surface area contributed by atoms with Gasteiger partial charge in [-0.15, -0.1) is 11.6 Å². The van der Waals surface area contributed by atoms with Crippen molar-refractivity contribution >= 4 is 11.6 Å². The summed E-state index contributed by atoms with van der Waals surface area (Å²) in [5, 5.41) is 0. The van der Waals surface area contributed by atoms with Gasteiger partial charge in [0.05, 0.1) is 6.54 Å². The van der Waals surface area contributed by atoms with Crippen LogP contribution in [0.3, 0.4) is 0 Å². The molecule has 0 aliphatic rings. The first-order valence-electron chi connectivity index (χ1n) is 5.19. The first-order chi connectivity index (χ1) is 8.20. The molecule has 0 fully saturated rings. The summed E-state index contributed by atoms with van der Waals surface area (Å²) in [7, 11) is 0. The highest BCUT2D eigenvalue weighted by molar-refractivity contribution is 6.17. The van der Waals surface area contributed by atoms with Gasteiger partial charge in [-0.3, -0.25) is 4.79 Å². The van der Waals surface area contributed by atoms with Crippen LogP contribution in [-0.4, -0.2) is 4.57 Å². The summed E-state index contributed by atoms with van der Waals surface area (Å²) in [6.45, 7) is 0.230. The van der Waals surface area contributed by atoms with E-state index in [1.165, 1.54) is 16.7 Å². The molecule has 0 radical (unpaired) electrons. The minimum atomic E-state index is -0.334. The summed E-state index contributed by atoms with van der Waals surface area (Å²) < 4.78 is 15.1. The Hall–Kier alpha value is -1.61. The van der Waals surface area contributed by atoms with Gasteiger partial charge in [0.15, 0.2) is 0 Å². The van der Waals surface area contributed by atoms with Gasteiger partial charge >= 0.3 is 0 Å². The second-order valence-corrected chi connectivity index (χ2v) is 3.99. The van der Waals surface area contributed by atoms with Crippen LogP contribution in [0.5, 0.6) is 0 Å². The predicted octanol–water partition coefficient (Wildman–Crippen LogP) is 2.77. The molecule has 0 amide bonds. The van der Waals surface area contributed by atoms with Crippen LogP contribution in [0.15, 0.2) is 47.4 Å². The smallest absolute Gasteiger partial charge is 0.250 e. The molecule has 4 heteroatoms. The molecule has 0 aliphatic heterocycles. The quantitative estimate of drug-likeness (QED) is 0.769. The number of alkyl halides is 1. The van der Waals surface area contributed by atoms with E-state index < -0.39 is 0 Å². The molecule has 2 aromatic rings. The van der Waals surface area contributed by atoms with Gasteiger partial charge in [0.1, 0.15) is 5.82 Å². The average molecular weight is 252 g/mol. The van der Waals surface area contributed by atoms with Crippen molar-refractivity contribution in [1.29, 1.82) is 0 Å². The Balaban J connectivity index is 2.31. The van der Waals surface area contributed by atoms with E-state index in [-0.39, 0.29) is 23.8 Å². The third-order valence-electron chi connectivity index (χ3n) is 2.51. The molecular weight excluding hydrogens is 241 g/mol. The van der Waals surface area contributed by atoms with Gasteiger partial charge in [-0.2, -0.15) is 0 Å². The van der Waals surface area contributed by atoms with Crippen LogP contribution in [-0.2, 0) is 12.4 Å². The van der Waals surface area contributed by atoms with Crippen molar-refractivity contribution in [2.24, 2.45) is 0 Å². The number of pyridine rings is 1. The summed E-state index contributed by atoms with van der Waals surface area (Å²) in [5.74, 6) is -0.0541. The van der Waals surface area contributed by atoms with Crippen molar-refractivity contribution in [3.8, 4) is 0 Å². The lowest BCUT2D eigenvalue weighted by molar-refractivity contribution is 0.595. The molecule has 0 saturated carbocycles. The summed E-state index contributed by atoms with van der Waals surface area (Å²) in [6.07, 6.45) is 1.64. The number of rotatable bonds is 3. The summed E-state index contributed by atoms with van der Waals surface area (Å²) in [5.41, 5.74) is 1.06. The number of aromatic nitrogens is 1. The van der Waals surface area contributed by atoms with E-state index in [1.54, 1.807) is 30.5 Å². The van der Waals surface area contributed by atoms with Gasteiger partial charge in [-0.25, -0.2) is 4.39 Å². The highest BCUT2D eigenvalue weighted by Gasteiger charge is 2.04. The molecule has 0 aliphatic carbocycles. The van der Waals surface area contributed by atoms with Gasteiger partial charge < -0.3 is 4.57 Å². The molecule has 2 nitrogen and oxygen atoms in total. The maximum atomic E-state index is 13.7. The number of hydrogen-bond donors (Lipinski definition) is 0. The Kier molecular flexibility index (Phi) is 3.59. The molecule has 17 heavy (non-hydrogen) atoms. The molecule has 88 valence electrons. The second kappa shape index (κ2) is 5.15. The van der Waals surface area contributed by atoms with E-state index in [1.807, 2.05) is 0 Å². The zero-order valence-corrected chi connectivity index (χ0v) is 9.82. The third kappa shape index (κ3) is 2.74. The summed E-state index contributed by atoms with van der Waals surface area (Å²) >= 11 is 5.61. The fourth-order valence-corrected chi connectivity index (χ4v) is 1.74. The molecule has 0 bridgehead atoms. The Labute approximate surface area is 103 Å². The van der Waals surface area contributed by atoms with Crippen LogP contribution in [0, 0.1) is 5.82 Å². The molecule has 1 aromatic heterocycles. The van der Waals surface area contributed by atoms with Crippen molar-refractivity contribution in [3.05, 3.63) is 69.9 Å². The van der Waals surface area contributed by atoms with E-state index in [4.69, 9.17) is 11.6 Å². The zero-order valence-electron chi connectivity index (χ0n) is 9.07. The van der Waals surface area contributed by atoms with Gasteiger partial charge in [0.2, 0.25) is 0 Å². The Morgan fingerprint density at radius 1 is 1.24 bits per heavy atom. The van der Waals surface area contributed by atoms with Crippen LogP contribution >= 0.6 is 11.6 Å².